The molecular formula is C22H23N4O3S+. The number of aromatic amines is 1. The minimum absolute atomic E-state index is 0.0651. The molecule has 1 aromatic heterocycles. The maximum Gasteiger partial charge on any atom is 0.325 e. The number of benzene rings is 2. The summed E-state index contributed by atoms with van der Waals surface area (Å²) in [5, 5.41) is 5.17. The summed E-state index contributed by atoms with van der Waals surface area (Å²) in [7, 11) is 0. The third-order valence-corrected chi connectivity index (χ3v) is 5.59. The molecule has 4 rings (SSSR count). The SMILES string of the molecule is CCOc1ccccc1[C@H]1N(C(=O)CC)c2ccccc2-c2c(=O)[nH]c(SC)n[n+]21. The van der Waals surface area contributed by atoms with Crippen molar-refractivity contribution in [2.24, 2.45) is 0 Å². The number of hydrogen-bond acceptors (Lipinski definition) is 5. The summed E-state index contributed by atoms with van der Waals surface area (Å²) in [6, 6.07) is 15.0. The van der Waals surface area contributed by atoms with Crippen LogP contribution in [0.4, 0.5) is 5.69 Å². The number of carbonyl (C=O) groups is 1. The zero-order valence-electron chi connectivity index (χ0n) is 17.1. The number of rotatable bonds is 5. The van der Waals surface area contributed by atoms with Crippen molar-refractivity contribution >= 4 is 23.4 Å². The van der Waals surface area contributed by atoms with E-state index in [4.69, 9.17) is 9.84 Å². The maximum atomic E-state index is 13.2. The molecular weight excluding hydrogens is 400 g/mol. The molecule has 1 amide bonds. The largest absolute Gasteiger partial charge is 0.493 e. The van der Waals surface area contributed by atoms with E-state index in [9.17, 15) is 9.59 Å². The Morgan fingerprint density at radius 1 is 1.20 bits per heavy atom. The zero-order valence-corrected chi connectivity index (χ0v) is 17.9. The number of ether oxygens (including phenoxy) is 1. The number of aromatic nitrogens is 3. The lowest BCUT2D eigenvalue weighted by Crippen LogP contribution is -2.60. The number of hydrogen-bond donors (Lipinski definition) is 1. The summed E-state index contributed by atoms with van der Waals surface area (Å²) in [6.45, 7) is 4.23. The number of nitrogens with zero attached hydrogens (tertiary/aromatic N) is 3. The predicted molar refractivity (Wildman–Crippen MR) is 116 cm³/mol. The first-order valence-corrected chi connectivity index (χ1v) is 11.1. The Balaban J connectivity index is 2.09. The van der Waals surface area contributed by atoms with Crippen molar-refractivity contribution in [3.8, 4) is 17.0 Å². The van der Waals surface area contributed by atoms with Gasteiger partial charge in [-0.1, -0.05) is 43.0 Å². The van der Waals surface area contributed by atoms with E-state index < -0.39 is 6.17 Å². The maximum absolute atomic E-state index is 13.2. The first-order chi connectivity index (χ1) is 14.6. The van der Waals surface area contributed by atoms with Crippen LogP contribution in [0.25, 0.3) is 11.3 Å². The van der Waals surface area contributed by atoms with Crippen molar-refractivity contribution in [1.29, 1.82) is 0 Å². The average Bonchev–Trinajstić information content (AvgIpc) is 2.78. The number of nitrogens with one attached hydrogen (secondary N) is 1. The van der Waals surface area contributed by atoms with E-state index in [0.717, 1.165) is 5.56 Å². The van der Waals surface area contributed by atoms with E-state index in [1.807, 2.05) is 68.6 Å². The van der Waals surface area contributed by atoms with Gasteiger partial charge in [-0.2, -0.15) is 0 Å². The summed E-state index contributed by atoms with van der Waals surface area (Å²) < 4.78 is 7.52. The van der Waals surface area contributed by atoms with Crippen molar-refractivity contribution in [1.82, 2.24) is 10.1 Å². The van der Waals surface area contributed by atoms with Gasteiger partial charge in [0.15, 0.2) is 0 Å². The molecule has 1 aliphatic heterocycles. The highest BCUT2D eigenvalue weighted by molar-refractivity contribution is 7.98. The van der Waals surface area contributed by atoms with Crippen molar-refractivity contribution in [3.05, 3.63) is 64.4 Å². The van der Waals surface area contributed by atoms with Crippen molar-refractivity contribution in [2.45, 2.75) is 31.6 Å². The standard InChI is InChI=1S/C22H22N4O3S/c1-4-18(27)25-16-12-8-6-10-14(16)19-20(28)23-22(30-3)24-26(19)21(25)15-11-7-9-13-17(15)29-5-2/h6-13,21H,4-5H2,1-3H3/p+1/t21-/m0/s1. The third kappa shape index (κ3) is 3.27. The van der Waals surface area contributed by atoms with Crippen LogP contribution >= 0.6 is 11.8 Å². The molecule has 154 valence electrons. The number of anilines is 1. The Hall–Kier alpha value is -3.13. The fourth-order valence-electron chi connectivity index (χ4n) is 3.77. The average molecular weight is 424 g/mol. The van der Waals surface area contributed by atoms with Gasteiger partial charge in [0.05, 0.1) is 23.4 Å². The molecule has 2 heterocycles. The quantitative estimate of drug-likeness (QED) is 0.504. The van der Waals surface area contributed by atoms with E-state index in [0.29, 0.717) is 40.9 Å². The fourth-order valence-corrected chi connectivity index (χ4v) is 4.13. The van der Waals surface area contributed by atoms with Gasteiger partial charge in [-0.3, -0.25) is 14.6 Å². The topological polar surface area (TPSA) is 79.2 Å². The van der Waals surface area contributed by atoms with Gasteiger partial charge in [0.2, 0.25) is 11.1 Å². The van der Waals surface area contributed by atoms with Crippen molar-refractivity contribution < 1.29 is 14.2 Å². The smallest absolute Gasteiger partial charge is 0.325 e. The van der Waals surface area contributed by atoms with Gasteiger partial charge in [-0.15, -0.1) is 0 Å². The van der Waals surface area contributed by atoms with Gasteiger partial charge >= 0.3 is 11.3 Å². The van der Waals surface area contributed by atoms with E-state index in [2.05, 4.69) is 4.98 Å². The summed E-state index contributed by atoms with van der Waals surface area (Å²) in [5.74, 6) is 0.592. The molecule has 0 spiro atoms. The van der Waals surface area contributed by atoms with Crippen LogP contribution in [0.3, 0.4) is 0 Å². The molecule has 8 heteroatoms. The highest BCUT2D eigenvalue weighted by Gasteiger charge is 2.46. The van der Waals surface area contributed by atoms with Gasteiger partial charge in [0, 0.05) is 11.5 Å². The lowest BCUT2D eigenvalue weighted by Gasteiger charge is -2.32. The van der Waals surface area contributed by atoms with Crippen LogP contribution in [-0.4, -0.2) is 28.9 Å². The number of thioether (sulfide) groups is 1. The van der Waals surface area contributed by atoms with E-state index >= 15 is 0 Å². The Morgan fingerprint density at radius 3 is 2.67 bits per heavy atom. The first-order valence-electron chi connectivity index (χ1n) is 9.84. The van der Waals surface area contributed by atoms with Gasteiger partial charge in [-0.05, 0) is 42.1 Å². The summed E-state index contributed by atoms with van der Waals surface area (Å²) in [4.78, 5) is 30.8. The Morgan fingerprint density at radius 2 is 1.93 bits per heavy atom. The molecule has 7 nitrogen and oxygen atoms in total. The van der Waals surface area contributed by atoms with E-state index in [1.54, 1.807) is 9.58 Å². The fraction of sp³-hybridized carbons (Fsp3) is 0.273. The van der Waals surface area contributed by atoms with Crippen LogP contribution in [0.15, 0.2) is 58.5 Å². The lowest BCUT2D eigenvalue weighted by atomic mass is 10.0. The number of amides is 1. The molecule has 30 heavy (non-hydrogen) atoms. The zero-order chi connectivity index (χ0) is 21.3. The van der Waals surface area contributed by atoms with Crippen LogP contribution in [0.2, 0.25) is 0 Å². The second-order valence-corrected chi connectivity index (χ2v) is 7.53. The van der Waals surface area contributed by atoms with Gasteiger partial charge in [0.1, 0.15) is 5.75 Å². The van der Waals surface area contributed by atoms with Crippen LogP contribution in [0.5, 0.6) is 5.75 Å². The molecule has 2 aromatic carbocycles. The van der Waals surface area contributed by atoms with Gasteiger partial charge in [0.25, 0.3) is 6.17 Å². The van der Waals surface area contributed by atoms with Crippen LogP contribution in [-0.2, 0) is 4.79 Å². The number of carbonyl (C=O) groups excluding carboxylic acids is 1. The molecule has 0 radical (unpaired) electrons. The molecule has 1 atom stereocenters. The highest BCUT2D eigenvalue weighted by Crippen LogP contribution is 2.39. The summed E-state index contributed by atoms with van der Waals surface area (Å²) in [5.41, 5.74) is 2.30. The Bertz CT molecular complexity index is 1160. The van der Waals surface area contributed by atoms with Gasteiger partial charge in [-0.25, -0.2) is 4.90 Å². The van der Waals surface area contributed by atoms with Crippen molar-refractivity contribution in [2.75, 3.05) is 17.8 Å². The second kappa shape index (κ2) is 8.31. The lowest BCUT2D eigenvalue weighted by molar-refractivity contribution is -0.763. The molecule has 0 unspecified atom stereocenters. The second-order valence-electron chi connectivity index (χ2n) is 6.74. The van der Waals surface area contributed by atoms with E-state index in [-0.39, 0.29) is 11.5 Å². The number of fused-ring (bicyclic) bond motifs is 3. The predicted octanol–water partition coefficient (Wildman–Crippen LogP) is 3.15. The van der Waals surface area contributed by atoms with Gasteiger partial charge < -0.3 is 4.74 Å². The molecule has 0 bridgehead atoms. The minimum Gasteiger partial charge on any atom is -0.493 e. The highest BCUT2D eigenvalue weighted by atomic mass is 32.2. The molecule has 1 aliphatic rings. The Kier molecular flexibility index (Phi) is 5.59. The molecule has 0 aliphatic carbocycles. The molecule has 0 saturated carbocycles. The molecule has 0 saturated heterocycles. The van der Waals surface area contributed by atoms with Crippen LogP contribution in [0.1, 0.15) is 32.0 Å². The Labute approximate surface area is 178 Å². The number of para-hydroxylation sites is 2. The summed E-state index contributed by atoms with van der Waals surface area (Å²) in [6.07, 6.45) is 1.52. The first kappa shape index (κ1) is 20.2. The van der Waals surface area contributed by atoms with Crippen LogP contribution in [0, 0.1) is 0 Å². The monoisotopic (exact) mass is 423 g/mol. The van der Waals surface area contributed by atoms with E-state index in [1.165, 1.54) is 11.8 Å². The normalized spacial score (nSPS) is 14.8. The molecule has 3 aromatic rings. The minimum atomic E-state index is -0.640. The third-order valence-electron chi connectivity index (χ3n) is 5.02. The van der Waals surface area contributed by atoms with Crippen LogP contribution < -0.4 is 19.9 Å². The summed E-state index contributed by atoms with van der Waals surface area (Å²) >= 11 is 1.34. The molecule has 1 N–H and O–H groups in total. The molecule has 0 fully saturated rings. The van der Waals surface area contributed by atoms with Crippen molar-refractivity contribution in [3.63, 3.8) is 0 Å². The number of H-pyrrole nitrogens is 1.